The molecule has 0 spiro atoms. The van der Waals surface area contributed by atoms with Crippen LogP contribution in [-0.4, -0.2) is 14.1 Å². The van der Waals surface area contributed by atoms with Crippen molar-refractivity contribution >= 4 is 14.1 Å². The second-order valence-electron chi connectivity index (χ2n) is 6.13. The van der Waals surface area contributed by atoms with Gasteiger partial charge in [0.05, 0.1) is 0 Å². The number of rotatable bonds is 3. The molecule has 17 heavy (non-hydrogen) atoms. The maximum Gasteiger partial charge on any atom is 0.242 e. The van der Waals surface area contributed by atoms with Gasteiger partial charge in [-0.3, -0.25) is 4.79 Å². The van der Waals surface area contributed by atoms with Gasteiger partial charge in [0.2, 0.25) is 8.32 Å². The van der Waals surface area contributed by atoms with E-state index in [1.807, 2.05) is 33.5 Å². The maximum absolute atomic E-state index is 11.9. The van der Waals surface area contributed by atoms with Crippen LogP contribution in [0.15, 0.2) is 16.6 Å². The van der Waals surface area contributed by atoms with E-state index < -0.39 is 8.32 Å². The molecule has 0 bridgehead atoms. The molecule has 0 aromatic rings. The van der Waals surface area contributed by atoms with Crippen LogP contribution in [0.2, 0.25) is 19.6 Å². The number of azide groups is 1. The fraction of sp³-hybridized carbons (Fsp3) is 0.727. The fourth-order valence-corrected chi connectivity index (χ4v) is 2.59. The molecule has 0 unspecified atom stereocenters. The van der Waals surface area contributed by atoms with E-state index in [4.69, 9.17) is 9.96 Å². The number of hydrogen-bond acceptors (Lipinski definition) is 3. The van der Waals surface area contributed by atoms with Gasteiger partial charge in [0.25, 0.3) is 0 Å². The fourth-order valence-electron chi connectivity index (χ4n) is 1.85. The van der Waals surface area contributed by atoms with Gasteiger partial charge < -0.3 is 4.43 Å². The average molecular weight is 253 g/mol. The first-order valence-electron chi connectivity index (χ1n) is 5.65. The van der Waals surface area contributed by atoms with E-state index in [1.54, 1.807) is 0 Å². The van der Waals surface area contributed by atoms with Crippen molar-refractivity contribution in [2.24, 2.45) is 10.5 Å². The lowest BCUT2D eigenvalue weighted by Gasteiger charge is -2.20. The predicted octanol–water partition coefficient (Wildman–Crippen LogP) is 3.75. The number of allylic oxidation sites excluding steroid dienone is 1. The van der Waals surface area contributed by atoms with E-state index in [0.29, 0.717) is 18.4 Å². The Hall–Kier alpha value is -1.26. The Morgan fingerprint density at radius 3 is 2.35 bits per heavy atom. The largest absolute Gasteiger partial charge is 0.543 e. The van der Waals surface area contributed by atoms with Gasteiger partial charge in [-0.2, -0.15) is 0 Å². The Labute approximate surface area is 103 Å². The SMILES string of the molecule is CC1(C)CC(=O)/C(=C(\N=[N+]=[N-])O[Si](C)(C)C)C1. The molecule has 1 aliphatic carbocycles. The molecule has 1 rings (SSSR count). The molecule has 0 heterocycles. The van der Waals surface area contributed by atoms with E-state index in [0.717, 1.165) is 0 Å². The lowest BCUT2D eigenvalue weighted by atomic mass is 9.92. The van der Waals surface area contributed by atoms with Gasteiger partial charge in [0.1, 0.15) is 0 Å². The minimum atomic E-state index is -1.88. The van der Waals surface area contributed by atoms with Gasteiger partial charge in [-0.1, -0.05) is 13.8 Å². The van der Waals surface area contributed by atoms with E-state index in [2.05, 4.69) is 10.0 Å². The number of Topliss-reactive ketones (excluding diaryl/α,β-unsaturated/α-hetero) is 1. The maximum atomic E-state index is 11.9. The van der Waals surface area contributed by atoms with Crippen LogP contribution in [-0.2, 0) is 9.22 Å². The molecular formula is C11H19N3O2Si. The van der Waals surface area contributed by atoms with Crippen LogP contribution in [0.5, 0.6) is 0 Å². The summed E-state index contributed by atoms with van der Waals surface area (Å²) in [5.74, 6) is 0.234. The Morgan fingerprint density at radius 2 is 2.00 bits per heavy atom. The molecule has 0 amide bonds. The number of carbonyl (C=O) groups is 1. The molecule has 0 saturated heterocycles. The highest BCUT2D eigenvalue weighted by Crippen LogP contribution is 2.40. The molecule has 1 aliphatic rings. The zero-order valence-electron chi connectivity index (χ0n) is 11.1. The lowest BCUT2D eigenvalue weighted by molar-refractivity contribution is -0.115. The van der Waals surface area contributed by atoms with Gasteiger partial charge in [0.15, 0.2) is 11.7 Å². The molecule has 0 N–H and O–H groups in total. The van der Waals surface area contributed by atoms with Gasteiger partial charge in [0, 0.05) is 16.9 Å². The van der Waals surface area contributed by atoms with Crippen molar-refractivity contribution in [3.05, 3.63) is 21.9 Å². The molecule has 6 heteroatoms. The standard InChI is InChI=1S/C11H19N3O2Si/c1-11(2)6-8(9(15)7-11)10(13-14-12)16-17(3,4)5/h6-7H2,1-5H3/b10-8+. The van der Waals surface area contributed by atoms with Crippen molar-refractivity contribution in [3.63, 3.8) is 0 Å². The lowest BCUT2D eigenvalue weighted by Crippen LogP contribution is -2.25. The minimum absolute atomic E-state index is 0.0376. The predicted molar refractivity (Wildman–Crippen MR) is 68.6 cm³/mol. The van der Waals surface area contributed by atoms with Crippen LogP contribution in [0.1, 0.15) is 26.7 Å². The zero-order chi connectivity index (χ0) is 13.3. The Morgan fingerprint density at radius 1 is 1.41 bits per heavy atom. The summed E-state index contributed by atoms with van der Waals surface area (Å²) in [6, 6.07) is 0. The molecule has 0 aromatic carbocycles. The summed E-state index contributed by atoms with van der Waals surface area (Å²) in [5, 5.41) is 3.56. The highest BCUT2D eigenvalue weighted by molar-refractivity contribution is 6.70. The highest BCUT2D eigenvalue weighted by atomic mass is 28.4. The molecular weight excluding hydrogens is 234 g/mol. The van der Waals surface area contributed by atoms with Crippen LogP contribution in [0, 0.1) is 5.41 Å². The van der Waals surface area contributed by atoms with Gasteiger partial charge >= 0.3 is 0 Å². The van der Waals surface area contributed by atoms with Crippen LogP contribution in [0.4, 0.5) is 0 Å². The first-order chi connectivity index (χ1) is 7.64. The van der Waals surface area contributed by atoms with Crippen molar-refractivity contribution in [1.29, 1.82) is 0 Å². The molecule has 0 atom stereocenters. The van der Waals surface area contributed by atoms with Crippen LogP contribution in [0.3, 0.4) is 0 Å². The topological polar surface area (TPSA) is 75.1 Å². The Balaban J connectivity index is 3.13. The van der Waals surface area contributed by atoms with Crippen LogP contribution >= 0.6 is 0 Å². The number of hydrogen-bond donors (Lipinski definition) is 0. The van der Waals surface area contributed by atoms with Crippen molar-refractivity contribution in [2.45, 2.75) is 46.3 Å². The summed E-state index contributed by atoms with van der Waals surface area (Å²) in [6.07, 6.45) is 1.10. The molecule has 94 valence electrons. The third kappa shape index (κ3) is 3.91. The Bertz CT molecular complexity index is 415. The summed E-state index contributed by atoms with van der Waals surface area (Å²) in [6.45, 7) is 10.0. The van der Waals surface area contributed by atoms with E-state index >= 15 is 0 Å². The van der Waals surface area contributed by atoms with Gasteiger partial charge in [-0.25, -0.2) is 0 Å². The first kappa shape index (κ1) is 13.8. The third-order valence-electron chi connectivity index (χ3n) is 2.43. The number of ketones is 1. The van der Waals surface area contributed by atoms with E-state index in [1.165, 1.54) is 0 Å². The minimum Gasteiger partial charge on any atom is -0.543 e. The highest BCUT2D eigenvalue weighted by Gasteiger charge is 2.36. The summed E-state index contributed by atoms with van der Waals surface area (Å²) in [7, 11) is -1.88. The monoisotopic (exact) mass is 253 g/mol. The molecule has 1 fully saturated rings. The quantitative estimate of drug-likeness (QED) is 0.192. The average Bonchev–Trinajstić information content (AvgIpc) is 2.36. The normalized spacial score (nSPS) is 22.1. The van der Waals surface area contributed by atoms with Crippen molar-refractivity contribution in [3.8, 4) is 0 Å². The van der Waals surface area contributed by atoms with E-state index in [9.17, 15) is 4.79 Å². The number of carbonyl (C=O) groups excluding carboxylic acids is 1. The molecule has 0 aliphatic heterocycles. The summed E-state index contributed by atoms with van der Waals surface area (Å²) in [5.41, 5.74) is 9.05. The van der Waals surface area contributed by atoms with Crippen LogP contribution in [0.25, 0.3) is 10.4 Å². The second-order valence-corrected chi connectivity index (χ2v) is 10.6. The molecule has 5 nitrogen and oxygen atoms in total. The Kier molecular flexibility index (Phi) is 3.69. The second kappa shape index (κ2) is 4.54. The summed E-state index contributed by atoms with van der Waals surface area (Å²) >= 11 is 0. The first-order valence-corrected chi connectivity index (χ1v) is 9.06. The molecule has 1 saturated carbocycles. The summed E-state index contributed by atoms with van der Waals surface area (Å²) in [4.78, 5) is 14.6. The van der Waals surface area contributed by atoms with Crippen molar-refractivity contribution in [2.75, 3.05) is 0 Å². The zero-order valence-corrected chi connectivity index (χ0v) is 12.1. The molecule has 0 aromatic heterocycles. The smallest absolute Gasteiger partial charge is 0.242 e. The van der Waals surface area contributed by atoms with Gasteiger partial charge in [-0.05, 0) is 42.1 Å². The van der Waals surface area contributed by atoms with Crippen molar-refractivity contribution in [1.82, 2.24) is 0 Å². The van der Waals surface area contributed by atoms with Crippen molar-refractivity contribution < 1.29 is 9.22 Å². The number of nitrogens with zero attached hydrogens (tertiary/aromatic N) is 3. The third-order valence-corrected chi connectivity index (χ3v) is 3.23. The summed E-state index contributed by atoms with van der Waals surface area (Å²) < 4.78 is 5.70. The van der Waals surface area contributed by atoms with E-state index in [-0.39, 0.29) is 17.1 Å². The molecule has 0 radical (unpaired) electrons. The van der Waals surface area contributed by atoms with Crippen LogP contribution < -0.4 is 0 Å². The van der Waals surface area contributed by atoms with Gasteiger partial charge in [-0.15, -0.1) is 0 Å².